The van der Waals surface area contributed by atoms with E-state index in [4.69, 9.17) is 16.3 Å². The van der Waals surface area contributed by atoms with Crippen molar-refractivity contribution in [1.82, 2.24) is 19.8 Å². The predicted molar refractivity (Wildman–Crippen MR) is 93.4 cm³/mol. The van der Waals surface area contributed by atoms with Gasteiger partial charge in [0.1, 0.15) is 18.1 Å². The van der Waals surface area contributed by atoms with Gasteiger partial charge in [-0.2, -0.15) is 9.36 Å². The minimum Gasteiger partial charge on any atom is -0.508 e. The molecular weight excluding hydrogens is 344 g/mol. The molecule has 0 aliphatic rings. The average Bonchev–Trinajstić information content (AvgIpc) is 2.93. The molecule has 0 bridgehead atoms. The third-order valence-electron chi connectivity index (χ3n) is 3.84. The molecule has 130 valence electrons. The molecule has 0 saturated heterocycles. The lowest BCUT2D eigenvalue weighted by atomic mass is 10.1. The summed E-state index contributed by atoms with van der Waals surface area (Å²) in [5, 5.41) is 17.6. The molecule has 0 saturated carbocycles. The Labute approximate surface area is 149 Å². The highest BCUT2D eigenvalue weighted by Crippen LogP contribution is 2.28. The second-order valence-electron chi connectivity index (χ2n) is 5.47. The van der Waals surface area contributed by atoms with E-state index in [1.807, 2.05) is 6.92 Å². The van der Waals surface area contributed by atoms with Crippen molar-refractivity contribution in [3.63, 3.8) is 0 Å². The number of phenolic OH excluding ortho intramolecular Hbond substituents is 1. The van der Waals surface area contributed by atoms with E-state index in [1.54, 1.807) is 36.4 Å². The van der Waals surface area contributed by atoms with Gasteiger partial charge in [0.15, 0.2) is 0 Å². The summed E-state index contributed by atoms with van der Waals surface area (Å²) in [5.41, 5.74) is 1.65. The summed E-state index contributed by atoms with van der Waals surface area (Å²) < 4.78 is 8.22. The van der Waals surface area contributed by atoms with E-state index >= 15 is 0 Å². The average molecular weight is 361 g/mol. The smallest absolute Gasteiger partial charge is 0.368 e. The standard InChI is InChI=1S/C17H17ClN4O3/c1-3-11-9-12(23)7-8-16(11)25-10-13-14(18)5-4-6-15(13)22-17(24)21(2)19-20-22/h4-9,23H,3,10H2,1-2H3. The lowest BCUT2D eigenvalue weighted by Crippen LogP contribution is -2.23. The molecule has 1 aromatic heterocycles. The van der Waals surface area contributed by atoms with Crippen molar-refractivity contribution in [2.75, 3.05) is 0 Å². The highest BCUT2D eigenvalue weighted by atomic mass is 35.5. The molecule has 3 aromatic rings. The first kappa shape index (κ1) is 17.0. The van der Waals surface area contributed by atoms with Crippen LogP contribution in [0.4, 0.5) is 0 Å². The Hall–Kier alpha value is -2.80. The number of hydrogen-bond donors (Lipinski definition) is 1. The van der Waals surface area contributed by atoms with Crippen LogP contribution in [0.2, 0.25) is 5.02 Å². The molecule has 0 aliphatic heterocycles. The number of rotatable bonds is 5. The summed E-state index contributed by atoms with van der Waals surface area (Å²) in [6.45, 7) is 2.12. The Balaban J connectivity index is 1.96. The molecule has 0 fully saturated rings. The van der Waals surface area contributed by atoms with Gasteiger partial charge >= 0.3 is 5.69 Å². The second kappa shape index (κ2) is 6.98. The van der Waals surface area contributed by atoms with Gasteiger partial charge in [-0.25, -0.2) is 4.79 Å². The Kier molecular flexibility index (Phi) is 4.76. The summed E-state index contributed by atoms with van der Waals surface area (Å²) in [5.74, 6) is 0.839. The van der Waals surface area contributed by atoms with E-state index in [9.17, 15) is 9.90 Å². The molecule has 0 radical (unpaired) electrons. The number of aryl methyl sites for hydroxylation is 2. The van der Waals surface area contributed by atoms with Crippen molar-refractivity contribution in [2.24, 2.45) is 7.05 Å². The van der Waals surface area contributed by atoms with Crippen LogP contribution in [0.1, 0.15) is 18.1 Å². The van der Waals surface area contributed by atoms with Gasteiger partial charge in [-0.15, -0.1) is 0 Å². The predicted octanol–water partition coefficient (Wildman–Crippen LogP) is 2.47. The minimum atomic E-state index is -0.373. The third-order valence-corrected chi connectivity index (χ3v) is 4.20. The zero-order chi connectivity index (χ0) is 18.0. The molecule has 2 aromatic carbocycles. The van der Waals surface area contributed by atoms with Crippen molar-refractivity contribution in [2.45, 2.75) is 20.0 Å². The first-order chi connectivity index (χ1) is 12.0. The van der Waals surface area contributed by atoms with Crippen LogP contribution in [-0.2, 0) is 20.1 Å². The fraction of sp³-hybridized carbons (Fsp3) is 0.235. The van der Waals surface area contributed by atoms with Crippen LogP contribution in [0, 0.1) is 0 Å². The molecule has 0 amide bonds. The summed E-state index contributed by atoms with van der Waals surface area (Å²) in [6.07, 6.45) is 0.711. The molecule has 0 unspecified atom stereocenters. The fourth-order valence-electron chi connectivity index (χ4n) is 2.49. The lowest BCUT2D eigenvalue weighted by Gasteiger charge is -2.14. The van der Waals surface area contributed by atoms with E-state index in [2.05, 4.69) is 10.4 Å². The Morgan fingerprint density at radius 3 is 2.72 bits per heavy atom. The summed E-state index contributed by atoms with van der Waals surface area (Å²) in [6, 6.07) is 10.1. The van der Waals surface area contributed by atoms with Crippen LogP contribution in [-0.4, -0.2) is 24.9 Å². The maximum absolute atomic E-state index is 12.1. The molecule has 1 N–H and O–H groups in total. The van der Waals surface area contributed by atoms with Crippen molar-refractivity contribution in [3.05, 3.63) is 63.0 Å². The van der Waals surface area contributed by atoms with Gasteiger partial charge in [0, 0.05) is 17.6 Å². The molecular formula is C17H17ClN4O3. The Morgan fingerprint density at radius 1 is 1.24 bits per heavy atom. The lowest BCUT2D eigenvalue weighted by molar-refractivity contribution is 0.302. The third kappa shape index (κ3) is 3.36. The van der Waals surface area contributed by atoms with Crippen LogP contribution in [0.15, 0.2) is 41.2 Å². The van der Waals surface area contributed by atoms with Gasteiger partial charge in [-0.05, 0) is 52.7 Å². The van der Waals surface area contributed by atoms with E-state index in [0.717, 1.165) is 10.2 Å². The topological polar surface area (TPSA) is 82.2 Å². The maximum Gasteiger partial charge on any atom is 0.368 e. The zero-order valence-corrected chi connectivity index (χ0v) is 14.6. The van der Waals surface area contributed by atoms with Crippen molar-refractivity contribution < 1.29 is 9.84 Å². The highest BCUT2D eigenvalue weighted by Gasteiger charge is 2.15. The molecule has 0 aliphatic carbocycles. The minimum absolute atomic E-state index is 0.149. The van der Waals surface area contributed by atoms with E-state index in [-0.39, 0.29) is 18.0 Å². The normalized spacial score (nSPS) is 10.8. The molecule has 0 spiro atoms. The zero-order valence-electron chi connectivity index (χ0n) is 13.8. The number of tetrazole rings is 1. The first-order valence-corrected chi connectivity index (χ1v) is 8.10. The number of benzene rings is 2. The number of ether oxygens (including phenoxy) is 1. The number of hydrogen-bond acceptors (Lipinski definition) is 5. The van der Waals surface area contributed by atoms with Gasteiger partial charge in [0.2, 0.25) is 0 Å². The van der Waals surface area contributed by atoms with Crippen molar-refractivity contribution >= 4 is 11.6 Å². The number of phenols is 1. The SMILES string of the molecule is CCc1cc(O)ccc1OCc1c(Cl)cccc1-n1nnn(C)c1=O. The van der Waals surface area contributed by atoms with Crippen LogP contribution < -0.4 is 10.4 Å². The monoisotopic (exact) mass is 360 g/mol. The molecule has 1 heterocycles. The van der Waals surface area contributed by atoms with Crippen molar-refractivity contribution in [3.8, 4) is 17.2 Å². The maximum atomic E-state index is 12.1. The highest BCUT2D eigenvalue weighted by molar-refractivity contribution is 6.31. The molecule has 25 heavy (non-hydrogen) atoms. The van der Waals surface area contributed by atoms with Crippen LogP contribution in [0.3, 0.4) is 0 Å². The summed E-state index contributed by atoms with van der Waals surface area (Å²) in [7, 11) is 1.52. The molecule has 3 rings (SSSR count). The van der Waals surface area contributed by atoms with Gasteiger partial charge in [-0.1, -0.05) is 24.6 Å². The Morgan fingerprint density at radius 2 is 2.04 bits per heavy atom. The van der Waals surface area contributed by atoms with E-state index < -0.39 is 0 Å². The largest absolute Gasteiger partial charge is 0.508 e. The molecule has 0 atom stereocenters. The van der Waals surface area contributed by atoms with Gasteiger partial charge < -0.3 is 9.84 Å². The van der Waals surface area contributed by atoms with Gasteiger partial charge in [-0.3, -0.25) is 0 Å². The first-order valence-electron chi connectivity index (χ1n) is 7.72. The van der Waals surface area contributed by atoms with E-state index in [1.165, 1.54) is 11.7 Å². The van der Waals surface area contributed by atoms with Gasteiger partial charge in [0.25, 0.3) is 0 Å². The number of aromatic nitrogens is 4. The van der Waals surface area contributed by atoms with Crippen LogP contribution in [0.25, 0.3) is 5.69 Å². The molecule has 7 nitrogen and oxygen atoms in total. The fourth-order valence-corrected chi connectivity index (χ4v) is 2.71. The summed E-state index contributed by atoms with van der Waals surface area (Å²) in [4.78, 5) is 12.1. The number of nitrogens with zero attached hydrogens (tertiary/aromatic N) is 4. The summed E-state index contributed by atoms with van der Waals surface area (Å²) >= 11 is 6.31. The van der Waals surface area contributed by atoms with E-state index in [0.29, 0.717) is 28.4 Å². The number of halogens is 1. The number of aromatic hydroxyl groups is 1. The second-order valence-corrected chi connectivity index (χ2v) is 5.88. The van der Waals surface area contributed by atoms with Gasteiger partial charge in [0.05, 0.1) is 5.69 Å². The van der Waals surface area contributed by atoms with Crippen LogP contribution in [0.5, 0.6) is 11.5 Å². The Bertz CT molecular complexity index is 965. The molecule has 8 heteroatoms. The van der Waals surface area contributed by atoms with Crippen LogP contribution >= 0.6 is 11.6 Å². The van der Waals surface area contributed by atoms with Crippen molar-refractivity contribution in [1.29, 1.82) is 0 Å². The quantitative estimate of drug-likeness (QED) is 0.755.